The van der Waals surface area contributed by atoms with Crippen LogP contribution in [0.1, 0.15) is 31.9 Å². The molecule has 0 aliphatic carbocycles. The van der Waals surface area contributed by atoms with E-state index in [2.05, 4.69) is 4.98 Å². The number of carbonyl (C=O) groups is 1. The Morgan fingerprint density at radius 1 is 1.40 bits per heavy atom. The minimum Gasteiger partial charge on any atom is -0.478 e. The number of pyridine rings is 1. The second-order valence-electron chi connectivity index (χ2n) is 6.06. The molecule has 1 atom stereocenters. The van der Waals surface area contributed by atoms with E-state index < -0.39 is 0 Å². The average molecular weight is 344 g/mol. The molecule has 0 spiro atoms. The minimum absolute atomic E-state index is 0.0595. The molecule has 0 bridgehead atoms. The Balaban J connectivity index is 2.03. The van der Waals surface area contributed by atoms with Gasteiger partial charge in [-0.2, -0.15) is 4.98 Å². The Kier molecular flexibility index (Phi) is 4.88. The molecule has 132 valence electrons. The zero-order valence-corrected chi connectivity index (χ0v) is 14.6. The molecular weight excluding hydrogens is 323 g/mol. The van der Waals surface area contributed by atoms with E-state index in [9.17, 15) is 9.18 Å². The first kappa shape index (κ1) is 17.2. The summed E-state index contributed by atoms with van der Waals surface area (Å²) < 4.78 is 24.5. The molecule has 3 rings (SSSR count). The Hall–Kier alpha value is -2.63. The summed E-state index contributed by atoms with van der Waals surface area (Å²) in [6.07, 6.45) is 0.524. The molecule has 2 aromatic rings. The van der Waals surface area contributed by atoms with E-state index in [1.54, 1.807) is 17.0 Å². The summed E-state index contributed by atoms with van der Waals surface area (Å²) in [4.78, 5) is 18.2. The van der Waals surface area contributed by atoms with Gasteiger partial charge in [0.15, 0.2) is 0 Å². The number of halogens is 1. The molecule has 2 heterocycles. The molecule has 0 saturated carbocycles. The van der Waals surface area contributed by atoms with E-state index >= 15 is 0 Å². The Bertz CT molecular complexity index is 777. The minimum atomic E-state index is -0.276. The zero-order chi connectivity index (χ0) is 18.0. The van der Waals surface area contributed by atoms with Gasteiger partial charge in [0.25, 0.3) is 0 Å². The fourth-order valence-electron chi connectivity index (χ4n) is 2.99. The smallest absolute Gasteiger partial charge is 0.241 e. The maximum atomic E-state index is 13.1. The zero-order valence-electron chi connectivity index (χ0n) is 14.6. The Morgan fingerprint density at radius 2 is 2.12 bits per heavy atom. The van der Waals surface area contributed by atoms with Crippen LogP contribution in [0.25, 0.3) is 0 Å². The van der Waals surface area contributed by atoms with Gasteiger partial charge in [0.05, 0.1) is 12.6 Å². The fourth-order valence-corrected chi connectivity index (χ4v) is 2.99. The molecule has 25 heavy (non-hydrogen) atoms. The third-order valence-electron chi connectivity index (χ3n) is 4.10. The molecule has 1 aromatic carbocycles. The lowest BCUT2D eigenvalue weighted by Gasteiger charge is -2.34. The van der Waals surface area contributed by atoms with Gasteiger partial charge in [-0.3, -0.25) is 4.79 Å². The van der Waals surface area contributed by atoms with Gasteiger partial charge >= 0.3 is 0 Å². The first-order chi connectivity index (χ1) is 12.0. The largest absolute Gasteiger partial charge is 0.478 e. The van der Waals surface area contributed by atoms with E-state index in [4.69, 9.17) is 9.47 Å². The highest BCUT2D eigenvalue weighted by atomic mass is 19.1. The van der Waals surface area contributed by atoms with Crippen LogP contribution in [0.4, 0.5) is 10.1 Å². The van der Waals surface area contributed by atoms with Crippen LogP contribution in [0.3, 0.4) is 0 Å². The van der Waals surface area contributed by atoms with Gasteiger partial charge in [0.1, 0.15) is 18.1 Å². The summed E-state index contributed by atoms with van der Waals surface area (Å²) in [7, 11) is 0. The van der Waals surface area contributed by atoms with E-state index in [0.717, 1.165) is 11.1 Å². The first-order valence-electron chi connectivity index (χ1n) is 8.33. The van der Waals surface area contributed by atoms with Crippen LogP contribution < -0.4 is 14.4 Å². The standard InChI is InChI=1S/C19H21FN2O3/c1-4-24-18-15(9-14-5-7-16(20)8-6-14)10-17-19(21-18)25-11-12(2)22(17)13(3)23/h5-8,10,12H,4,9,11H2,1-3H3/t12-/m0/s1. The number of rotatable bonds is 4. The van der Waals surface area contributed by atoms with Gasteiger partial charge in [0, 0.05) is 18.9 Å². The summed E-state index contributed by atoms with van der Waals surface area (Å²) in [6, 6.07) is 8.12. The summed E-state index contributed by atoms with van der Waals surface area (Å²) in [5.74, 6) is 0.543. The second-order valence-corrected chi connectivity index (χ2v) is 6.06. The lowest BCUT2D eigenvalue weighted by atomic mass is 10.0. The predicted molar refractivity (Wildman–Crippen MR) is 92.7 cm³/mol. The third-order valence-corrected chi connectivity index (χ3v) is 4.10. The number of nitrogens with zero attached hydrogens (tertiary/aromatic N) is 2. The highest BCUT2D eigenvalue weighted by molar-refractivity contribution is 5.94. The molecule has 0 radical (unpaired) electrons. The number of aromatic nitrogens is 1. The van der Waals surface area contributed by atoms with Crippen molar-refractivity contribution in [3.05, 3.63) is 47.3 Å². The number of carbonyl (C=O) groups excluding carboxylic acids is 1. The average Bonchev–Trinajstić information content (AvgIpc) is 2.57. The molecule has 1 aromatic heterocycles. The predicted octanol–water partition coefficient (Wildman–Crippen LogP) is 3.34. The molecule has 0 saturated heterocycles. The maximum Gasteiger partial charge on any atom is 0.241 e. The highest BCUT2D eigenvalue weighted by Crippen LogP contribution is 2.37. The van der Waals surface area contributed by atoms with Crippen molar-refractivity contribution in [1.29, 1.82) is 0 Å². The number of benzene rings is 1. The van der Waals surface area contributed by atoms with Gasteiger partial charge in [-0.05, 0) is 37.6 Å². The lowest BCUT2D eigenvalue weighted by molar-refractivity contribution is -0.117. The summed E-state index contributed by atoms with van der Waals surface area (Å²) in [5.41, 5.74) is 2.41. The lowest BCUT2D eigenvalue weighted by Crippen LogP contribution is -2.44. The Morgan fingerprint density at radius 3 is 2.76 bits per heavy atom. The third kappa shape index (κ3) is 3.57. The highest BCUT2D eigenvalue weighted by Gasteiger charge is 2.30. The molecular formula is C19H21FN2O3. The molecule has 1 aliphatic heterocycles. The molecule has 0 N–H and O–H groups in total. The van der Waals surface area contributed by atoms with Crippen LogP contribution in [0.15, 0.2) is 30.3 Å². The molecule has 0 unspecified atom stereocenters. The summed E-state index contributed by atoms with van der Waals surface area (Å²) in [5, 5.41) is 0. The summed E-state index contributed by atoms with van der Waals surface area (Å²) in [6.45, 7) is 6.20. The van der Waals surface area contributed by atoms with Crippen LogP contribution >= 0.6 is 0 Å². The van der Waals surface area contributed by atoms with E-state index in [-0.39, 0.29) is 17.8 Å². The van der Waals surface area contributed by atoms with Crippen molar-refractivity contribution in [2.75, 3.05) is 18.1 Å². The van der Waals surface area contributed by atoms with Crippen molar-refractivity contribution in [3.63, 3.8) is 0 Å². The maximum absolute atomic E-state index is 13.1. The van der Waals surface area contributed by atoms with Gasteiger partial charge in [-0.15, -0.1) is 0 Å². The molecule has 1 amide bonds. The number of amides is 1. The van der Waals surface area contributed by atoms with Gasteiger partial charge < -0.3 is 14.4 Å². The van der Waals surface area contributed by atoms with Crippen molar-refractivity contribution in [2.24, 2.45) is 0 Å². The van der Waals surface area contributed by atoms with Crippen LogP contribution in [0, 0.1) is 5.82 Å². The monoisotopic (exact) mass is 344 g/mol. The quantitative estimate of drug-likeness (QED) is 0.854. The van der Waals surface area contributed by atoms with Crippen LogP contribution in [-0.4, -0.2) is 30.1 Å². The normalized spacial score (nSPS) is 16.2. The van der Waals surface area contributed by atoms with Crippen molar-refractivity contribution in [2.45, 2.75) is 33.2 Å². The number of fused-ring (bicyclic) bond motifs is 1. The topological polar surface area (TPSA) is 51.7 Å². The Labute approximate surface area is 146 Å². The molecule has 5 nitrogen and oxygen atoms in total. The van der Waals surface area contributed by atoms with Gasteiger partial charge in [-0.1, -0.05) is 12.1 Å². The first-order valence-corrected chi connectivity index (χ1v) is 8.33. The van der Waals surface area contributed by atoms with E-state index in [1.807, 2.05) is 19.9 Å². The van der Waals surface area contributed by atoms with Crippen LogP contribution in [0.5, 0.6) is 11.8 Å². The fraction of sp³-hybridized carbons (Fsp3) is 0.368. The number of ether oxygens (including phenoxy) is 2. The summed E-state index contributed by atoms with van der Waals surface area (Å²) >= 11 is 0. The SMILES string of the molecule is CCOc1nc2c(cc1Cc1ccc(F)cc1)N(C(C)=O)[C@@H](C)CO2. The van der Waals surface area contributed by atoms with E-state index in [0.29, 0.717) is 37.1 Å². The van der Waals surface area contributed by atoms with Crippen molar-refractivity contribution >= 4 is 11.6 Å². The second kappa shape index (κ2) is 7.09. The molecule has 0 fully saturated rings. The van der Waals surface area contributed by atoms with Crippen LogP contribution in [0.2, 0.25) is 0 Å². The van der Waals surface area contributed by atoms with Crippen molar-refractivity contribution in [3.8, 4) is 11.8 Å². The molecule has 6 heteroatoms. The van der Waals surface area contributed by atoms with Gasteiger partial charge in [-0.25, -0.2) is 4.39 Å². The van der Waals surface area contributed by atoms with E-state index in [1.165, 1.54) is 19.1 Å². The van der Waals surface area contributed by atoms with Crippen molar-refractivity contribution < 1.29 is 18.7 Å². The number of hydrogen-bond acceptors (Lipinski definition) is 4. The number of hydrogen-bond donors (Lipinski definition) is 0. The van der Waals surface area contributed by atoms with Crippen LogP contribution in [-0.2, 0) is 11.2 Å². The number of anilines is 1. The van der Waals surface area contributed by atoms with Gasteiger partial charge in [0.2, 0.25) is 17.7 Å². The van der Waals surface area contributed by atoms with Crippen molar-refractivity contribution in [1.82, 2.24) is 4.98 Å². The molecule has 1 aliphatic rings.